The monoisotopic (exact) mass is 294 g/mol. The molecule has 0 aliphatic heterocycles. The zero-order valence-corrected chi connectivity index (χ0v) is 13.0. The molecule has 0 saturated heterocycles. The van der Waals surface area contributed by atoms with E-state index in [0.29, 0.717) is 25.7 Å². The third-order valence-electron chi connectivity index (χ3n) is 3.49. The lowest BCUT2D eigenvalue weighted by Gasteiger charge is -2.13. The minimum absolute atomic E-state index is 0.0790. The Morgan fingerprint density at radius 2 is 1.32 bits per heavy atom. The van der Waals surface area contributed by atoms with Crippen molar-refractivity contribution < 1.29 is 18.1 Å². The molecule has 0 radical (unpaired) electrons. The first-order chi connectivity index (χ1) is 9.02. The lowest BCUT2D eigenvalue weighted by Crippen LogP contribution is -2.20. The van der Waals surface area contributed by atoms with Gasteiger partial charge in [-0.15, -0.1) is 0 Å². The van der Waals surface area contributed by atoms with E-state index < -0.39 is 15.4 Å². The van der Waals surface area contributed by atoms with E-state index in [0.717, 1.165) is 19.3 Å². The number of aliphatic hydroxyl groups is 1. The summed E-state index contributed by atoms with van der Waals surface area (Å²) in [5.74, 6) is 0. The second-order valence-corrected chi connectivity index (χ2v) is 6.96. The van der Waals surface area contributed by atoms with Gasteiger partial charge in [-0.05, 0) is 25.7 Å². The van der Waals surface area contributed by atoms with E-state index in [2.05, 4.69) is 6.92 Å². The third kappa shape index (κ3) is 11.4. The fourth-order valence-electron chi connectivity index (χ4n) is 2.26. The molecule has 0 heterocycles. The number of aliphatic hydroxyl groups excluding tert-OH is 1. The molecule has 0 aromatic heterocycles. The molecule has 116 valence electrons. The molecule has 4 nitrogen and oxygen atoms in total. The summed E-state index contributed by atoms with van der Waals surface area (Å²) in [6.45, 7) is 2.26. The van der Waals surface area contributed by atoms with Crippen molar-refractivity contribution in [2.45, 2.75) is 82.8 Å². The topological polar surface area (TPSA) is 74.6 Å². The molecule has 0 saturated carbocycles. The number of unbranched alkanes of at least 4 members (excludes halogenated alkanes) is 7. The minimum atomic E-state index is -3.93. The Balaban J connectivity index is 3.75. The Morgan fingerprint density at radius 3 is 1.79 bits per heavy atom. The third-order valence-corrected chi connectivity index (χ3v) is 4.80. The lowest BCUT2D eigenvalue weighted by atomic mass is 10.0. The average molecular weight is 294 g/mol. The van der Waals surface area contributed by atoms with Gasteiger partial charge in [-0.3, -0.25) is 4.55 Å². The molecule has 0 aliphatic carbocycles. The number of hydrogen-bond acceptors (Lipinski definition) is 3. The number of hydrogen-bond donors (Lipinski definition) is 2. The van der Waals surface area contributed by atoms with Gasteiger partial charge in [-0.25, -0.2) is 0 Å². The highest BCUT2D eigenvalue weighted by Crippen LogP contribution is 2.17. The van der Waals surface area contributed by atoms with Gasteiger partial charge in [-0.1, -0.05) is 51.9 Å². The highest BCUT2D eigenvalue weighted by atomic mass is 32.2. The van der Waals surface area contributed by atoms with E-state index in [1.54, 1.807) is 0 Å². The molecule has 0 rings (SSSR count). The molecule has 0 fully saturated rings. The summed E-state index contributed by atoms with van der Waals surface area (Å²) in [5, 5.41) is 8.04. The van der Waals surface area contributed by atoms with Crippen LogP contribution in [0.25, 0.3) is 0 Å². The Bertz CT molecular complexity index is 288. The summed E-state index contributed by atoms with van der Waals surface area (Å²) in [6.07, 6.45) is 10.3. The van der Waals surface area contributed by atoms with E-state index in [1.807, 2.05) is 0 Å². The van der Waals surface area contributed by atoms with E-state index in [-0.39, 0.29) is 6.61 Å². The molecule has 0 amide bonds. The first-order valence-corrected chi connectivity index (χ1v) is 9.09. The van der Waals surface area contributed by atoms with E-state index in [1.165, 1.54) is 25.7 Å². The van der Waals surface area contributed by atoms with E-state index >= 15 is 0 Å². The molecule has 0 aromatic rings. The summed E-state index contributed by atoms with van der Waals surface area (Å²) in [4.78, 5) is 0. The van der Waals surface area contributed by atoms with Gasteiger partial charge in [0.1, 0.15) is 0 Å². The Kier molecular flexibility index (Phi) is 11.6. The van der Waals surface area contributed by atoms with Crippen LogP contribution in [0.4, 0.5) is 0 Å². The molecule has 2 N–H and O–H groups in total. The maximum Gasteiger partial charge on any atom is 0.267 e. The van der Waals surface area contributed by atoms with Crippen LogP contribution in [0.1, 0.15) is 77.6 Å². The quantitative estimate of drug-likeness (QED) is 0.402. The largest absolute Gasteiger partial charge is 0.396 e. The van der Waals surface area contributed by atoms with Crippen molar-refractivity contribution in [3.05, 3.63) is 0 Å². The van der Waals surface area contributed by atoms with Crippen molar-refractivity contribution in [2.75, 3.05) is 6.61 Å². The lowest BCUT2D eigenvalue weighted by molar-refractivity contribution is 0.281. The second kappa shape index (κ2) is 11.7. The fraction of sp³-hybridized carbons (Fsp3) is 1.00. The molecule has 0 spiro atoms. The first-order valence-electron chi connectivity index (χ1n) is 7.59. The molecular formula is C14H30O4S. The first kappa shape index (κ1) is 18.9. The van der Waals surface area contributed by atoms with Crippen molar-refractivity contribution in [3.63, 3.8) is 0 Å². The van der Waals surface area contributed by atoms with Crippen LogP contribution in [0.3, 0.4) is 0 Å². The van der Waals surface area contributed by atoms with E-state index in [4.69, 9.17) is 9.66 Å². The van der Waals surface area contributed by atoms with Crippen LogP contribution in [0.2, 0.25) is 0 Å². The van der Waals surface area contributed by atoms with Crippen LogP contribution in [-0.2, 0) is 10.1 Å². The Hall–Kier alpha value is -0.130. The van der Waals surface area contributed by atoms with Crippen LogP contribution in [0, 0.1) is 0 Å². The smallest absolute Gasteiger partial charge is 0.267 e. The van der Waals surface area contributed by atoms with Gasteiger partial charge >= 0.3 is 0 Å². The van der Waals surface area contributed by atoms with Gasteiger partial charge in [-0.2, -0.15) is 8.42 Å². The fourth-order valence-corrected chi connectivity index (χ4v) is 3.18. The molecule has 19 heavy (non-hydrogen) atoms. The van der Waals surface area contributed by atoms with Crippen molar-refractivity contribution in [2.24, 2.45) is 0 Å². The standard InChI is InChI=1S/C14H30O4S/c1-2-3-4-5-6-7-8-11-14(19(16,17)18)12-9-10-13-15/h14-15H,2-13H2,1H3,(H,16,17,18). The summed E-state index contributed by atoms with van der Waals surface area (Å²) in [5.41, 5.74) is 0. The van der Waals surface area contributed by atoms with Gasteiger partial charge in [0.2, 0.25) is 0 Å². The van der Waals surface area contributed by atoms with Crippen molar-refractivity contribution in [1.29, 1.82) is 0 Å². The van der Waals surface area contributed by atoms with Gasteiger partial charge in [0, 0.05) is 6.61 Å². The predicted molar refractivity (Wildman–Crippen MR) is 78.9 cm³/mol. The Morgan fingerprint density at radius 1 is 0.842 bits per heavy atom. The summed E-state index contributed by atoms with van der Waals surface area (Å²) >= 11 is 0. The van der Waals surface area contributed by atoms with E-state index in [9.17, 15) is 8.42 Å². The van der Waals surface area contributed by atoms with Crippen molar-refractivity contribution in [1.82, 2.24) is 0 Å². The van der Waals surface area contributed by atoms with Gasteiger partial charge < -0.3 is 5.11 Å². The van der Waals surface area contributed by atoms with Crippen LogP contribution in [-0.4, -0.2) is 29.9 Å². The summed E-state index contributed by atoms with van der Waals surface area (Å²) in [7, 11) is -3.93. The van der Waals surface area contributed by atoms with Crippen LogP contribution in [0.5, 0.6) is 0 Å². The highest BCUT2D eigenvalue weighted by molar-refractivity contribution is 7.86. The van der Waals surface area contributed by atoms with Gasteiger partial charge in [0.15, 0.2) is 0 Å². The molecule has 1 unspecified atom stereocenters. The molecule has 1 atom stereocenters. The number of rotatable bonds is 13. The SMILES string of the molecule is CCCCCCCCCC(CCCCO)S(=O)(=O)O. The molecular weight excluding hydrogens is 264 g/mol. The van der Waals surface area contributed by atoms with Crippen LogP contribution >= 0.6 is 0 Å². The minimum Gasteiger partial charge on any atom is -0.396 e. The van der Waals surface area contributed by atoms with Crippen molar-refractivity contribution in [3.8, 4) is 0 Å². The Labute approximate surface area is 118 Å². The zero-order valence-electron chi connectivity index (χ0n) is 12.2. The predicted octanol–water partition coefficient (Wildman–Crippen LogP) is 3.55. The van der Waals surface area contributed by atoms with Gasteiger partial charge in [0.05, 0.1) is 5.25 Å². The van der Waals surface area contributed by atoms with Crippen LogP contribution < -0.4 is 0 Å². The maximum atomic E-state index is 11.2. The highest BCUT2D eigenvalue weighted by Gasteiger charge is 2.21. The van der Waals surface area contributed by atoms with Crippen molar-refractivity contribution >= 4 is 10.1 Å². The van der Waals surface area contributed by atoms with Gasteiger partial charge in [0.25, 0.3) is 10.1 Å². The summed E-state index contributed by atoms with van der Waals surface area (Å²) < 4.78 is 31.6. The maximum absolute atomic E-state index is 11.2. The molecule has 0 aliphatic rings. The molecule has 0 aromatic carbocycles. The zero-order chi connectivity index (χ0) is 14.6. The normalized spacial score (nSPS) is 13.6. The molecule has 5 heteroatoms. The summed E-state index contributed by atoms with van der Waals surface area (Å²) in [6, 6.07) is 0. The average Bonchev–Trinajstić information content (AvgIpc) is 2.34. The second-order valence-electron chi connectivity index (χ2n) is 5.27. The van der Waals surface area contributed by atoms with Crippen LogP contribution in [0.15, 0.2) is 0 Å². The molecule has 0 bridgehead atoms.